The number of hydrogen-bond donors (Lipinski definition) is 1. The minimum absolute atomic E-state index is 0.161. The van der Waals surface area contributed by atoms with Gasteiger partial charge in [0.1, 0.15) is 5.75 Å². The number of carboxylic acid groups (broad SMARTS) is 1. The zero-order chi connectivity index (χ0) is 12.0. The maximum atomic E-state index is 11.0. The first-order valence-corrected chi connectivity index (χ1v) is 4.64. The fourth-order valence-electron chi connectivity index (χ4n) is 1.23. The second-order valence-corrected chi connectivity index (χ2v) is 3.02. The van der Waals surface area contributed by atoms with Crippen molar-refractivity contribution in [1.82, 2.24) is 0 Å². The van der Waals surface area contributed by atoms with Gasteiger partial charge in [0, 0.05) is 0 Å². The summed E-state index contributed by atoms with van der Waals surface area (Å²) in [6.07, 6.45) is 3.49. The summed E-state index contributed by atoms with van der Waals surface area (Å²) in [5, 5.41) is 17.4. The number of nitrogens with zero attached hydrogens (tertiary/aromatic N) is 1. The van der Waals surface area contributed by atoms with Crippen molar-refractivity contribution in [3.05, 3.63) is 35.4 Å². The van der Waals surface area contributed by atoms with Crippen molar-refractivity contribution in [1.29, 1.82) is 5.26 Å². The zero-order valence-corrected chi connectivity index (χ0v) is 8.80. The summed E-state index contributed by atoms with van der Waals surface area (Å²) >= 11 is 0. The van der Waals surface area contributed by atoms with Crippen LogP contribution in [0.3, 0.4) is 0 Å². The highest BCUT2D eigenvalue weighted by Gasteiger charge is 2.08. The molecule has 0 aliphatic rings. The van der Waals surface area contributed by atoms with Crippen molar-refractivity contribution in [3.8, 4) is 11.8 Å². The molecule has 0 saturated carbocycles. The average Bonchev–Trinajstić information content (AvgIpc) is 2.29. The van der Waals surface area contributed by atoms with Crippen molar-refractivity contribution in [2.45, 2.75) is 6.42 Å². The number of hydrogen-bond acceptors (Lipinski definition) is 3. The van der Waals surface area contributed by atoms with Crippen molar-refractivity contribution < 1.29 is 14.6 Å². The van der Waals surface area contributed by atoms with Crippen LogP contribution in [-0.2, 0) is 0 Å². The van der Waals surface area contributed by atoms with Gasteiger partial charge in [-0.05, 0) is 17.7 Å². The predicted octanol–water partition coefficient (Wildman–Crippen LogP) is 2.32. The van der Waals surface area contributed by atoms with E-state index in [0.29, 0.717) is 11.3 Å². The first-order chi connectivity index (χ1) is 7.69. The maximum absolute atomic E-state index is 11.0. The number of carbonyl (C=O) groups is 1. The second-order valence-electron chi connectivity index (χ2n) is 3.02. The first-order valence-electron chi connectivity index (χ1n) is 4.64. The standard InChI is InChI=1S/C12H11NO3/c1-16-10-6-5-9(4-2-3-7-13)11(8-10)12(14)15/h2,4-6,8H,3H2,1H3,(H,14,15). The average molecular weight is 217 g/mol. The minimum atomic E-state index is -1.02. The molecule has 0 aliphatic carbocycles. The molecule has 4 nitrogen and oxygen atoms in total. The quantitative estimate of drug-likeness (QED) is 0.840. The maximum Gasteiger partial charge on any atom is 0.336 e. The highest BCUT2D eigenvalue weighted by Crippen LogP contribution is 2.19. The van der Waals surface area contributed by atoms with Crippen LogP contribution < -0.4 is 4.74 Å². The van der Waals surface area contributed by atoms with Crippen molar-refractivity contribution in [2.24, 2.45) is 0 Å². The normalized spacial score (nSPS) is 10.0. The van der Waals surface area contributed by atoms with Gasteiger partial charge < -0.3 is 9.84 Å². The molecule has 0 fully saturated rings. The summed E-state index contributed by atoms with van der Waals surface area (Å²) in [6.45, 7) is 0. The molecule has 0 aromatic heterocycles. The van der Waals surface area contributed by atoms with Crippen molar-refractivity contribution in [2.75, 3.05) is 7.11 Å². The van der Waals surface area contributed by atoms with Crippen LogP contribution in [0.4, 0.5) is 0 Å². The van der Waals surface area contributed by atoms with Gasteiger partial charge in [0.15, 0.2) is 0 Å². The van der Waals surface area contributed by atoms with Crippen LogP contribution in [0.1, 0.15) is 22.3 Å². The molecule has 0 saturated heterocycles. The monoisotopic (exact) mass is 217 g/mol. The van der Waals surface area contributed by atoms with E-state index in [2.05, 4.69) is 0 Å². The first kappa shape index (κ1) is 11.8. The third kappa shape index (κ3) is 2.85. The topological polar surface area (TPSA) is 70.3 Å². The third-order valence-electron chi connectivity index (χ3n) is 2.00. The van der Waals surface area contributed by atoms with Gasteiger partial charge in [0.2, 0.25) is 0 Å². The zero-order valence-electron chi connectivity index (χ0n) is 8.80. The molecule has 4 heteroatoms. The summed E-state index contributed by atoms with van der Waals surface area (Å²) in [5.41, 5.74) is 0.720. The second kappa shape index (κ2) is 5.56. The molecular weight excluding hydrogens is 206 g/mol. The van der Waals surface area contributed by atoms with Crippen LogP contribution in [-0.4, -0.2) is 18.2 Å². The molecule has 0 unspecified atom stereocenters. The van der Waals surface area contributed by atoms with E-state index >= 15 is 0 Å². The number of benzene rings is 1. The van der Waals surface area contributed by atoms with Crippen molar-refractivity contribution >= 4 is 12.0 Å². The molecule has 0 amide bonds. The Balaban J connectivity index is 3.09. The lowest BCUT2D eigenvalue weighted by atomic mass is 10.1. The lowest BCUT2D eigenvalue weighted by Crippen LogP contribution is -2.00. The van der Waals surface area contributed by atoms with E-state index in [0.717, 1.165) is 0 Å². The smallest absolute Gasteiger partial charge is 0.336 e. The van der Waals surface area contributed by atoms with Gasteiger partial charge in [-0.2, -0.15) is 5.26 Å². The molecule has 0 bridgehead atoms. The Morgan fingerprint density at radius 2 is 2.38 bits per heavy atom. The Bertz CT molecular complexity index is 458. The molecule has 0 atom stereocenters. The molecule has 1 N–H and O–H groups in total. The molecule has 16 heavy (non-hydrogen) atoms. The van der Waals surface area contributed by atoms with E-state index in [-0.39, 0.29) is 12.0 Å². The lowest BCUT2D eigenvalue weighted by Gasteiger charge is -2.04. The SMILES string of the molecule is COc1ccc(C=CCC#N)c(C(=O)O)c1. The van der Waals surface area contributed by atoms with Gasteiger partial charge >= 0.3 is 5.97 Å². The van der Waals surface area contributed by atoms with Crippen LogP contribution in [0, 0.1) is 11.3 Å². The van der Waals surface area contributed by atoms with Crippen LogP contribution in [0.5, 0.6) is 5.75 Å². The number of nitriles is 1. The van der Waals surface area contributed by atoms with Crippen LogP contribution in [0.25, 0.3) is 6.08 Å². The summed E-state index contributed by atoms with van der Waals surface area (Å²) in [6, 6.07) is 6.73. The van der Waals surface area contributed by atoms with E-state index in [9.17, 15) is 4.79 Å². The highest BCUT2D eigenvalue weighted by molar-refractivity contribution is 5.92. The molecule has 0 spiro atoms. The molecule has 1 rings (SSSR count). The summed E-state index contributed by atoms with van der Waals surface area (Å²) in [4.78, 5) is 11.0. The van der Waals surface area contributed by atoms with E-state index in [1.165, 1.54) is 13.2 Å². The Kier molecular flexibility index (Phi) is 4.10. The number of carboxylic acids is 1. The number of allylic oxidation sites excluding steroid dienone is 1. The molecule has 1 aromatic carbocycles. The molecule has 1 aromatic rings. The van der Waals surface area contributed by atoms with Crippen molar-refractivity contribution in [3.63, 3.8) is 0 Å². The van der Waals surface area contributed by atoms with Gasteiger partial charge in [-0.3, -0.25) is 0 Å². The molecular formula is C12H11NO3. The van der Waals surface area contributed by atoms with Crippen LogP contribution >= 0.6 is 0 Å². The summed E-state index contributed by atoms with van der Waals surface area (Å²) < 4.78 is 4.95. The number of rotatable bonds is 4. The minimum Gasteiger partial charge on any atom is -0.497 e. The number of ether oxygens (including phenoxy) is 1. The fraction of sp³-hybridized carbons (Fsp3) is 0.167. The largest absolute Gasteiger partial charge is 0.497 e. The van der Waals surface area contributed by atoms with Crippen LogP contribution in [0.15, 0.2) is 24.3 Å². The highest BCUT2D eigenvalue weighted by atomic mass is 16.5. The third-order valence-corrected chi connectivity index (χ3v) is 2.00. The number of aromatic carboxylic acids is 1. The molecule has 0 aliphatic heterocycles. The summed E-state index contributed by atoms with van der Waals surface area (Å²) in [7, 11) is 1.48. The summed E-state index contributed by atoms with van der Waals surface area (Å²) in [5.74, 6) is -0.523. The van der Waals surface area contributed by atoms with Gasteiger partial charge in [0.05, 0.1) is 25.2 Å². The molecule has 82 valence electrons. The Labute approximate surface area is 93.4 Å². The Morgan fingerprint density at radius 1 is 1.62 bits per heavy atom. The van der Waals surface area contributed by atoms with Gasteiger partial charge in [-0.1, -0.05) is 18.2 Å². The van der Waals surface area contributed by atoms with E-state index in [1.807, 2.05) is 6.07 Å². The lowest BCUT2D eigenvalue weighted by molar-refractivity contribution is 0.0696. The fourth-order valence-corrected chi connectivity index (χ4v) is 1.23. The van der Waals surface area contributed by atoms with E-state index < -0.39 is 5.97 Å². The van der Waals surface area contributed by atoms with Gasteiger partial charge in [0.25, 0.3) is 0 Å². The molecule has 0 radical (unpaired) electrons. The van der Waals surface area contributed by atoms with E-state index in [4.69, 9.17) is 15.1 Å². The van der Waals surface area contributed by atoms with E-state index in [1.54, 1.807) is 24.3 Å². The Morgan fingerprint density at radius 3 is 2.94 bits per heavy atom. The van der Waals surface area contributed by atoms with Gasteiger partial charge in [-0.25, -0.2) is 4.79 Å². The van der Waals surface area contributed by atoms with Gasteiger partial charge in [-0.15, -0.1) is 0 Å². The van der Waals surface area contributed by atoms with Crippen LogP contribution in [0.2, 0.25) is 0 Å². The predicted molar refractivity (Wildman–Crippen MR) is 59.2 cm³/mol. The molecule has 0 heterocycles. The number of methoxy groups -OCH3 is 1. The Hall–Kier alpha value is -2.28.